The van der Waals surface area contributed by atoms with Gasteiger partial charge in [-0.25, -0.2) is 18.4 Å². The standard InChI is InChI=1S/C34H27F2N3O4/c1-20-4-3-5-24(18-20)31(40)28-29(22-10-12-25(35)13-11-22)34(2,32(41)42)39(30(28)23-8-6-21(19-37)7-9-23)33(43)38-27-16-14-26(36)15-17-27/h3-18,28-30H,1-2H3,(H,38,43)(H,41,42). The summed E-state index contributed by atoms with van der Waals surface area (Å²) >= 11 is 0. The van der Waals surface area contributed by atoms with Gasteiger partial charge in [-0.2, -0.15) is 5.26 Å². The number of likely N-dealkylation sites (tertiary alicyclic amines) is 1. The van der Waals surface area contributed by atoms with Gasteiger partial charge in [-0.05, 0) is 79.6 Å². The summed E-state index contributed by atoms with van der Waals surface area (Å²) in [5, 5.41) is 22.9. The van der Waals surface area contributed by atoms with Crippen molar-refractivity contribution < 1.29 is 28.3 Å². The zero-order chi connectivity index (χ0) is 30.9. The number of ketones is 1. The largest absolute Gasteiger partial charge is 0.479 e. The fraction of sp³-hybridized carbons (Fsp3) is 0.176. The maximum absolute atomic E-state index is 14.5. The summed E-state index contributed by atoms with van der Waals surface area (Å²) in [4.78, 5) is 43.1. The Morgan fingerprint density at radius 2 is 1.47 bits per heavy atom. The molecule has 4 atom stereocenters. The second kappa shape index (κ2) is 11.5. The molecule has 0 spiro atoms. The molecule has 0 saturated carbocycles. The van der Waals surface area contributed by atoms with Gasteiger partial charge in [0, 0.05) is 17.2 Å². The molecule has 1 heterocycles. The first-order valence-corrected chi connectivity index (χ1v) is 13.5. The van der Waals surface area contributed by atoms with Crippen molar-refractivity contribution in [1.29, 1.82) is 5.26 Å². The third-order valence-corrected chi connectivity index (χ3v) is 8.05. The number of benzene rings is 4. The van der Waals surface area contributed by atoms with Crippen molar-refractivity contribution in [3.63, 3.8) is 0 Å². The molecule has 1 fully saturated rings. The number of carbonyl (C=O) groups is 3. The van der Waals surface area contributed by atoms with Crippen LogP contribution in [-0.2, 0) is 4.79 Å². The summed E-state index contributed by atoms with van der Waals surface area (Å²) in [7, 11) is 0. The number of amides is 2. The van der Waals surface area contributed by atoms with Crippen molar-refractivity contribution in [1.82, 2.24) is 4.90 Å². The molecule has 1 aliphatic rings. The molecule has 216 valence electrons. The maximum atomic E-state index is 14.5. The fourth-order valence-electron chi connectivity index (χ4n) is 6.02. The van der Waals surface area contributed by atoms with E-state index in [4.69, 9.17) is 0 Å². The van der Waals surface area contributed by atoms with Crippen LogP contribution in [-0.4, -0.2) is 33.3 Å². The number of anilines is 1. The molecule has 4 unspecified atom stereocenters. The highest BCUT2D eigenvalue weighted by atomic mass is 19.1. The Bertz CT molecular complexity index is 1730. The molecule has 1 saturated heterocycles. The zero-order valence-corrected chi connectivity index (χ0v) is 23.3. The van der Waals surface area contributed by atoms with E-state index in [0.717, 1.165) is 22.6 Å². The minimum absolute atomic E-state index is 0.213. The van der Waals surface area contributed by atoms with E-state index in [9.17, 15) is 33.5 Å². The number of halogens is 2. The van der Waals surface area contributed by atoms with Crippen molar-refractivity contribution in [3.05, 3.63) is 137 Å². The molecule has 7 nitrogen and oxygen atoms in total. The van der Waals surface area contributed by atoms with Crippen molar-refractivity contribution in [3.8, 4) is 6.07 Å². The lowest BCUT2D eigenvalue weighted by atomic mass is 9.71. The molecule has 0 radical (unpaired) electrons. The van der Waals surface area contributed by atoms with E-state index in [1.807, 2.05) is 19.1 Å². The van der Waals surface area contributed by atoms with Crippen LogP contribution in [0.3, 0.4) is 0 Å². The molecule has 5 rings (SSSR count). The second-order valence-electron chi connectivity index (χ2n) is 10.7. The van der Waals surface area contributed by atoms with Crippen molar-refractivity contribution in [2.75, 3.05) is 5.32 Å². The third-order valence-electron chi connectivity index (χ3n) is 8.05. The van der Waals surface area contributed by atoms with Crippen LogP contribution in [0.25, 0.3) is 0 Å². The van der Waals surface area contributed by atoms with Crippen LogP contribution in [0.5, 0.6) is 0 Å². The second-order valence-corrected chi connectivity index (χ2v) is 10.7. The van der Waals surface area contributed by atoms with Crippen molar-refractivity contribution in [2.45, 2.75) is 31.3 Å². The first-order chi connectivity index (χ1) is 20.5. The van der Waals surface area contributed by atoms with Gasteiger partial charge in [0.05, 0.1) is 23.6 Å². The molecule has 1 aliphatic heterocycles. The van der Waals surface area contributed by atoms with Crippen LogP contribution >= 0.6 is 0 Å². The Labute approximate surface area is 247 Å². The van der Waals surface area contributed by atoms with Gasteiger partial charge in [0.15, 0.2) is 5.78 Å². The SMILES string of the molecule is Cc1cccc(C(=O)C2C(c3ccc(C#N)cc3)N(C(=O)Nc3ccc(F)cc3)C(C)(C(=O)O)C2c2ccc(F)cc2)c1. The number of hydrogen-bond acceptors (Lipinski definition) is 4. The number of hydrogen-bond donors (Lipinski definition) is 2. The number of aliphatic carboxylic acids is 1. The van der Waals surface area contributed by atoms with Gasteiger partial charge in [-0.1, -0.05) is 48.0 Å². The van der Waals surface area contributed by atoms with Gasteiger partial charge in [0.2, 0.25) is 0 Å². The molecule has 0 aromatic heterocycles. The molecule has 4 aromatic rings. The van der Waals surface area contributed by atoms with Gasteiger partial charge >= 0.3 is 12.0 Å². The van der Waals surface area contributed by atoms with Crippen molar-refractivity contribution >= 4 is 23.5 Å². The van der Waals surface area contributed by atoms with E-state index in [1.165, 1.54) is 55.5 Å². The van der Waals surface area contributed by atoms with Gasteiger partial charge in [-0.3, -0.25) is 9.69 Å². The number of urea groups is 1. The molecule has 0 aliphatic carbocycles. The molecule has 43 heavy (non-hydrogen) atoms. The zero-order valence-electron chi connectivity index (χ0n) is 23.3. The monoisotopic (exact) mass is 579 g/mol. The Balaban J connectivity index is 1.77. The maximum Gasteiger partial charge on any atom is 0.330 e. The van der Waals surface area contributed by atoms with Gasteiger partial charge in [0.1, 0.15) is 17.2 Å². The predicted molar refractivity (Wildman–Crippen MR) is 155 cm³/mol. The number of carboxylic acid groups (broad SMARTS) is 1. The van der Waals surface area contributed by atoms with E-state index < -0.39 is 52.8 Å². The highest BCUT2D eigenvalue weighted by Gasteiger charge is 2.65. The minimum Gasteiger partial charge on any atom is -0.479 e. The Kier molecular flexibility index (Phi) is 7.79. The minimum atomic E-state index is -2.02. The van der Waals surface area contributed by atoms with Crippen LogP contribution in [0.1, 0.15) is 51.5 Å². The number of aryl methyl sites for hydroxylation is 1. The van der Waals surface area contributed by atoms with E-state index in [1.54, 1.807) is 30.3 Å². The summed E-state index contributed by atoms with van der Waals surface area (Å²) in [5.74, 6) is -5.12. The lowest BCUT2D eigenvalue weighted by Crippen LogP contribution is -2.55. The van der Waals surface area contributed by atoms with Crippen LogP contribution < -0.4 is 5.32 Å². The summed E-state index contributed by atoms with van der Waals surface area (Å²) in [6, 6.07) is 23.4. The summed E-state index contributed by atoms with van der Waals surface area (Å²) < 4.78 is 27.7. The molecular weight excluding hydrogens is 552 g/mol. The van der Waals surface area contributed by atoms with Crippen LogP contribution in [0.15, 0.2) is 97.1 Å². The first-order valence-electron chi connectivity index (χ1n) is 13.5. The summed E-state index contributed by atoms with van der Waals surface area (Å²) in [6.45, 7) is 3.19. The number of carboxylic acids is 1. The van der Waals surface area contributed by atoms with E-state index >= 15 is 0 Å². The number of nitrogens with one attached hydrogen (secondary N) is 1. The molecule has 2 N–H and O–H groups in total. The van der Waals surface area contributed by atoms with E-state index in [2.05, 4.69) is 5.32 Å². The van der Waals surface area contributed by atoms with E-state index in [0.29, 0.717) is 22.3 Å². The molecule has 4 aromatic carbocycles. The first kappa shape index (κ1) is 29.1. The third kappa shape index (κ3) is 5.35. The van der Waals surface area contributed by atoms with Crippen LogP contribution in [0.4, 0.5) is 19.3 Å². The average Bonchev–Trinajstić information content (AvgIpc) is 3.28. The van der Waals surface area contributed by atoms with Gasteiger partial charge in [-0.15, -0.1) is 0 Å². The van der Waals surface area contributed by atoms with Gasteiger partial charge in [0.25, 0.3) is 0 Å². The molecule has 0 bridgehead atoms. The smallest absolute Gasteiger partial charge is 0.330 e. The average molecular weight is 580 g/mol. The van der Waals surface area contributed by atoms with Crippen LogP contribution in [0, 0.1) is 35.8 Å². The number of carbonyl (C=O) groups excluding carboxylic acids is 2. The van der Waals surface area contributed by atoms with Crippen molar-refractivity contribution in [2.24, 2.45) is 5.92 Å². The molecular formula is C34H27F2N3O4. The van der Waals surface area contributed by atoms with E-state index in [-0.39, 0.29) is 5.69 Å². The summed E-state index contributed by atoms with van der Waals surface area (Å²) in [5.41, 5.74) is 0.439. The van der Waals surface area contributed by atoms with Crippen LogP contribution in [0.2, 0.25) is 0 Å². The lowest BCUT2D eigenvalue weighted by Gasteiger charge is -2.37. The summed E-state index contributed by atoms with van der Waals surface area (Å²) in [6.07, 6.45) is 0. The normalized spacial score (nSPS) is 21.2. The number of nitrogens with zero attached hydrogens (tertiary/aromatic N) is 2. The number of rotatable bonds is 6. The fourth-order valence-corrected chi connectivity index (χ4v) is 6.02. The number of Topliss-reactive ketones (excluding diaryl/α,β-unsaturated/α-hetero) is 1. The Hall–Kier alpha value is -5.36. The highest BCUT2D eigenvalue weighted by molar-refractivity contribution is 6.03. The quantitative estimate of drug-likeness (QED) is 0.243. The Morgan fingerprint density at radius 3 is 2.02 bits per heavy atom. The molecule has 2 amide bonds. The Morgan fingerprint density at radius 1 is 0.884 bits per heavy atom. The lowest BCUT2D eigenvalue weighted by molar-refractivity contribution is -0.148. The molecule has 9 heteroatoms. The predicted octanol–water partition coefficient (Wildman–Crippen LogP) is 6.86. The topological polar surface area (TPSA) is 111 Å². The van der Waals surface area contributed by atoms with Gasteiger partial charge < -0.3 is 10.4 Å². The highest BCUT2D eigenvalue weighted by Crippen LogP contribution is 2.56. The number of nitriles is 1.